The van der Waals surface area contributed by atoms with Crippen LogP contribution in [0.15, 0.2) is 36.7 Å². The summed E-state index contributed by atoms with van der Waals surface area (Å²) in [6, 6.07) is 9.85. The number of nitrogens with zero attached hydrogens (tertiary/aromatic N) is 3. The molecule has 4 heteroatoms. The summed E-state index contributed by atoms with van der Waals surface area (Å²) in [5, 5.41) is 12.3. The number of hydrogen-bond donors (Lipinski definition) is 1. The van der Waals surface area contributed by atoms with Crippen molar-refractivity contribution in [2.24, 2.45) is 0 Å². The van der Waals surface area contributed by atoms with Gasteiger partial charge in [0.15, 0.2) is 0 Å². The van der Waals surface area contributed by atoms with Gasteiger partial charge in [0.25, 0.3) is 0 Å². The molecule has 90 valence electrons. The largest absolute Gasteiger partial charge is 0.369 e. The second-order valence-corrected chi connectivity index (χ2v) is 3.96. The molecular formula is C14H14N4. The van der Waals surface area contributed by atoms with E-state index in [1.807, 2.05) is 31.2 Å². The first-order valence-corrected chi connectivity index (χ1v) is 5.81. The fourth-order valence-electron chi connectivity index (χ4n) is 1.69. The van der Waals surface area contributed by atoms with Crippen LogP contribution in [0.25, 0.3) is 0 Å². The summed E-state index contributed by atoms with van der Waals surface area (Å²) in [6.45, 7) is 2.62. The SMILES string of the molecule is Cc1ccnc(NCCc2ccccn2)c1C#N. The first-order chi connectivity index (χ1) is 8.81. The van der Waals surface area contributed by atoms with Crippen molar-refractivity contribution < 1.29 is 0 Å². The molecule has 0 aliphatic rings. The molecule has 2 aromatic heterocycles. The molecule has 0 saturated heterocycles. The van der Waals surface area contributed by atoms with E-state index in [2.05, 4.69) is 21.4 Å². The third-order valence-electron chi connectivity index (χ3n) is 2.67. The van der Waals surface area contributed by atoms with Gasteiger partial charge in [-0.3, -0.25) is 4.98 Å². The van der Waals surface area contributed by atoms with E-state index in [0.717, 1.165) is 17.7 Å². The molecule has 2 aromatic rings. The van der Waals surface area contributed by atoms with Crippen LogP contribution < -0.4 is 5.32 Å². The van der Waals surface area contributed by atoms with Crippen molar-refractivity contribution >= 4 is 5.82 Å². The molecule has 4 nitrogen and oxygen atoms in total. The van der Waals surface area contributed by atoms with Gasteiger partial charge in [0.2, 0.25) is 0 Å². The first kappa shape index (κ1) is 12.1. The fraction of sp³-hybridized carbons (Fsp3) is 0.214. The van der Waals surface area contributed by atoms with Crippen LogP contribution in [0.2, 0.25) is 0 Å². The molecule has 0 saturated carbocycles. The van der Waals surface area contributed by atoms with Crippen molar-refractivity contribution in [1.29, 1.82) is 5.26 Å². The van der Waals surface area contributed by atoms with E-state index in [4.69, 9.17) is 5.26 Å². The van der Waals surface area contributed by atoms with Crippen molar-refractivity contribution in [2.45, 2.75) is 13.3 Å². The minimum absolute atomic E-state index is 0.610. The van der Waals surface area contributed by atoms with Crippen LogP contribution in [0.4, 0.5) is 5.82 Å². The first-order valence-electron chi connectivity index (χ1n) is 5.81. The third kappa shape index (κ3) is 2.83. The van der Waals surface area contributed by atoms with Crippen LogP contribution in [0.5, 0.6) is 0 Å². The quantitative estimate of drug-likeness (QED) is 0.887. The van der Waals surface area contributed by atoms with Crippen LogP contribution in [-0.2, 0) is 6.42 Å². The van der Waals surface area contributed by atoms with Gasteiger partial charge in [0.1, 0.15) is 11.9 Å². The summed E-state index contributed by atoms with van der Waals surface area (Å²) < 4.78 is 0. The van der Waals surface area contributed by atoms with E-state index < -0.39 is 0 Å². The molecule has 1 N–H and O–H groups in total. The zero-order valence-electron chi connectivity index (χ0n) is 10.2. The maximum Gasteiger partial charge on any atom is 0.144 e. The molecule has 0 spiro atoms. The van der Waals surface area contributed by atoms with Crippen molar-refractivity contribution in [2.75, 3.05) is 11.9 Å². The molecule has 0 unspecified atom stereocenters. The highest BCUT2D eigenvalue weighted by atomic mass is 15.0. The topological polar surface area (TPSA) is 61.6 Å². The standard InChI is InChI=1S/C14H14N4/c1-11-5-8-17-14(13(11)10-15)18-9-6-12-4-2-3-7-16-12/h2-5,7-8H,6,9H2,1H3,(H,17,18). The monoisotopic (exact) mass is 238 g/mol. The van der Waals surface area contributed by atoms with Crippen molar-refractivity contribution in [1.82, 2.24) is 9.97 Å². The molecule has 2 heterocycles. The lowest BCUT2D eigenvalue weighted by molar-refractivity contribution is 0.952. The van der Waals surface area contributed by atoms with E-state index in [0.29, 0.717) is 17.9 Å². The molecule has 0 aliphatic carbocycles. The van der Waals surface area contributed by atoms with Crippen molar-refractivity contribution in [3.63, 3.8) is 0 Å². The summed E-state index contributed by atoms with van der Waals surface area (Å²) in [6.07, 6.45) is 4.29. The number of pyridine rings is 2. The molecule has 18 heavy (non-hydrogen) atoms. The Kier molecular flexibility index (Phi) is 3.87. The maximum atomic E-state index is 9.07. The predicted molar refractivity (Wildman–Crippen MR) is 70.1 cm³/mol. The van der Waals surface area contributed by atoms with E-state index in [9.17, 15) is 0 Å². The Morgan fingerprint density at radius 2 is 2.11 bits per heavy atom. The van der Waals surface area contributed by atoms with Crippen LogP contribution in [-0.4, -0.2) is 16.5 Å². The molecular weight excluding hydrogens is 224 g/mol. The average molecular weight is 238 g/mol. The predicted octanol–water partition coefficient (Wildman–Crippen LogP) is 2.31. The van der Waals surface area contributed by atoms with E-state index in [-0.39, 0.29) is 0 Å². The molecule has 0 aromatic carbocycles. The molecule has 0 bridgehead atoms. The highest BCUT2D eigenvalue weighted by Crippen LogP contribution is 2.14. The fourth-order valence-corrected chi connectivity index (χ4v) is 1.69. The summed E-state index contributed by atoms with van der Waals surface area (Å²) in [5.74, 6) is 0.647. The minimum atomic E-state index is 0.610. The summed E-state index contributed by atoms with van der Waals surface area (Å²) in [7, 11) is 0. The van der Waals surface area contributed by atoms with Gasteiger partial charge in [0, 0.05) is 31.1 Å². The lowest BCUT2D eigenvalue weighted by Gasteiger charge is -2.08. The highest BCUT2D eigenvalue weighted by molar-refractivity contribution is 5.55. The minimum Gasteiger partial charge on any atom is -0.369 e. The Morgan fingerprint density at radius 1 is 1.22 bits per heavy atom. The number of nitriles is 1. The summed E-state index contributed by atoms with van der Waals surface area (Å²) in [4.78, 5) is 8.43. The van der Waals surface area contributed by atoms with Crippen molar-refractivity contribution in [3.05, 3.63) is 53.5 Å². The third-order valence-corrected chi connectivity index (χ3v) is 2.67. The smallest absolute Gasteiger partial charge is 0.144 e. The molecule has 0 fully saturated rings. The van der Waals surface area contributed by atoms with Gasteiger partial charge in [-0.2, -0.15) is 5.26 Å². The van der Waals surface area contributed by atoms with E-state index in [1.165, 1.54) is 0 Å². The molecule has 2 rings (SSSR count). The van der Waals surface area contributed by atoms with Crippen LogP contribution in [0.1, 0.15) is 16.8 Å². The number of nitrogens with one attached hydrogen (secondary N) is 1. The summed E-state index contributed by atoms with van der Waals surface area (Å²) in [5.41, 5.74) is 2.57. The summed E-state index contributed by atoms with van der Waals surface area (Å²) >= 11 is 0. The number of hydrogen-bond acceptors (Lipinski definition) is 4. The second-order valence-electron chi connectivity index (χ2n) is 3.96. The van der Waals surface area contributed by atoms with Crippen LogP contribution in [0, 0.1) is 18.3 Å². The van der Waals surface area contributed by atoms with Crippen LogP contribution in [0.3, 0.4) is 0 Å². The zero-order valence-corrected chi connectivity index (χ0v) is 10.2. The van der Waals surface area contributed by atoms with Gasteiger partial charge in [-0.15, -0.1) is 0 Å². The van der Waals surface area contributed by atoms with Crippen molar-refractivity contribution in [3.8, 4) is 6.07 Å². The lowest BCUT2D eigenvalue weighted by atomic mass is 10.1. The van der Waals surface area contributed by atoms with Gasteiger partial charge < -0.3 is 5.32 Å². The van der Waals surface area contributed by atoms with Gasteiger partial charge >= 0.3 is 0 Å². The molecule has 0 amide bonds. The number of anilines is 1. The number of aromatic nitrogens is 2. The Hall–Kier alpha value is -2.41. The van der Waals surface area contributed by atoms with E-state index >= 15 is 0 Å². The lowest BCUT2D eigenvalue weighted by Crippen LogP contribution is -2.09. The van der Waals surface area contributed by atoms with Gasteiger partial charge in [-0.1, -0.05) is 6.07 Å². The Morgan fingerprint density at radius 3 is 2.83 bits per heavy atom. The number of aryl methyl sites for hydroxylation is 1. The molecule has 0 aliphatic heterocycles. The van der Waals surface area contributed by atoms with Crippen LogP contribution >= 0.6 is 0 Å². The van der Waals surface area contributed by atoms with Gasteiger partial charge in [0.05, 0.1) is 5.56 Å². The second kappa shape index (κ2) is 5.78. The van der Waals surface area contributed by atoms with E-state index in [1.54, 1.807) is 12.4 Å². The molecule has 0 radical (unpaired) electrons. The molecule has 0 atom stereocenters. The zero-order chi connectivity index (χ0) is 12.8. The van der Waals surface area contributed by atoms with Gasteiger partial charge in [-0.25, -0.2) is 4.98 Å². The Balaban J connectivity index is 1.99. The van der Waals surface area contributed by atoms with Gasteiger partial charge in [-0.05, 0) is 30.7 Å². The average Bonchev–Trinajstić information content (AvgIpc) is 2.40. The number of rotatable bonds is 4. The Labute approximate surface area is 106 Å². The highest BCUT2D eigenvalue weighted by Gasteiger charge is 2.05. The normalized spacial score (nSPS) is 9.78. The maximum absolute atomic E-state index is 9.07. The Bertz CT molecular complexity index is 558.